The Bertz CT molecular complexity index is 353. The summed E-state index contributed by atoms with van der Waals surface area (Å²) in [5.74, 6) is 1.40. The maximum atomic E-state index is 3.49. The first-order valence-electron chi connectivity index (χ1n) is 9.13. The zero-order valence-electron chi connectivity index (χ0n) is 14.7. The summed E-state index contributed by atoms with van der Waals surface area (Å²) in [6.07, 6.45) is 19.3. The molecule has 0 saturated carbocycles. The molecule has 0 heterocycles. The van der Waals surface area contributed by atoms with Crippen LogP contribution in [0.3, 0.4) is 0 Å². The van der Waals surface area contributed by atoms with Crippen LogP contribution < -0.4 is 12.4 Å². The van der Waals surface area contributed by atoms with Gasteiger partial charge in [-0.15, -0.1) is 0 Å². The molecule has 1 rings (SSSR count). The van der Waals surface area contributed by atoms with Crippen molar-refractivity contribution < 1.29 is 12.4 Å². The van der Waals surface area contributed by atoms with E-state index in [0.29, 0.717) is 0 Å². The summed E-state index contributed by atoms with van der Waals surface area (Å²) in [6.45, 7) is 0. The Labute approximate surface area is 163 Å². The van der Waals surface area contributed by atoms with Crippen LogP contribution in [0.25, 0.3) is 0 Å². The third kappa shape index (κ3) is 14.4. The maximum absolute atomic E-state index is 3.49. The van der Waals surface area contributed by atoms with Gasteiger partial charge in [0.25, 0.3) is 0 Å². The van der Waals surface area contributed by atoms with Crippen LogP contribution >= 0.6 is 15.9 Å². The van der Waals surface area contributed by atoms with Crippen LogP contribution in [0.5, 0.6) is 0 Å². The smallest absolute Gasteiger partial charge is 0.105 e. The highest BCUT2D eigenvalue weighted by atomic mass is 79.9. The second-order valence-corrected chi connectivity index (χ2v) is 8.30. The van der Waals surface area contributed by atoms with E-state index >= 15 is 0 Å². The van der Waals surface area contributed by atoms with Gasteiger partial charge in [-0.25, -0.2) is 0 Å². The Balaban J connectivity index is 0.00000484. The molecule has 0 aliphatic carbocycles. The van der Waals surface area contributed by atoms with Crippen molar-refractivity contribution in [2.24, 2.45) is 0 Å². The molecule has 0 aliphatic rings. The molecule has 0 spiro atoms. The second-order valence-electron chi connectivity index (χ2n) is 6.31. The summed E-state index contributed by atoms with van der Waals surface area (Å²) in [7, 11) is 0. The average molecular weight is 422 g/mol. The Morgan fingerprint density at radius 1 is 0.696 bits per heavy atom. The molecule has 0 nitrogen and oxygen atoms in total. The lowest BCUT2D eigenvalue weighted by molar-refractivity contribution is -0.00000456. The summed E-state index contributed by atoms with van der Waals surface area (Å²) < 4.78 is 1.18. The fraction of sp³-hybridized carbons (Fsp3) is 0.700. The van der Waals surface area contributed by atoms with Gasteiger partial charge in [0.05, 0.1) is 6.26 Å². The van der Waals surface area contributed by atoms with E-state index in [1.807, 2.05) is 0 Å². The number of rotatable bonds is 14. The predicted octanol–water partition coefficient (Wildman–Crippen LogP) is 3.73. The van der Waals surface area contributed by atoms with Crippen molar-refractivity contribution in [2.45, 2.75) is 77.0 Å². The largest absolute Gasteiger partial charge is 1.00 e. The van der Waals surface area contributed by atoms with Gasteiger partial charge in [-0.1, -0.05) is 79.4 Å². The molecule has 0 aliphatic heterocycles. The summed E-state index contributed by atoms with van der Waals surface area (Å²) in [6, 6.07) is 8.78. The van der Waals surface area contributed by atoms with E-state index in [2.05, 4.69) is 46.5 Å². The van der Waals surface area contributed by atoms with Crippen LogP contribution in [-0.2, 0) is 18.2 Å². The highest BCUT2D eigenvalue weighted by Gasteiger charge is 1.96. The molecule has 0 unspecified atom stereocenters. The zero-order valence-corrected chi connectivity index (χ0v) is 17.9. The minimum atomic E-state index is 0. The van der Waals surface area contributed by atoms with Crippen molar-refractivity contribution in [2.75, 3.05) is 12.0 Å². The van der Waals surface area contributed by atoms with Crippen molar-refractivity contribution in [1.82, 2.24) is 0 Å². The molecule has 0 N–H and O–H groups in total. The second kappa shape index (κ2) is 17.2. The van der Waals surface area contributed by atoms with Crippen molar-refractivity contribution in [3.63, 3.8) is 0 Å². The van der Waals surface area contributed by atoms with E-state index in [9.17, 15) is 0 Å². The lowest BCUT2D eigenvalue weighted by Crippen LogP contribution is -3.00. The SMILES string of the molecule is C[SH+]CCCCCCCCCCCCCc1ccc(Br)cc1.[Cl-]. The van der Waals surface area contributed by atoms with Gasteiger partial charge < -0.3 is 12.4 Å². The van der Waals surface area contributed by atoms with Gasteiger partial charge in [-0.3, -0.25) is 0 Å². The van der Waals surface area contributed by atoms with Crippen LogP contribution in [0.1, 0.15) is 76.2 Å². The third-order valence-electron chi connectivity index (χ3n) is 4.26. The molecular formula is C20H34BrClS. The quantitative estimate of drug-likeness (QED) is 0.244. The Morgan fingerprint density at radius 3 is 1.61 bits per heavy atom. The Morgan fingerprint density at radius 2 is 1.13 bits per heavy atom. The molecule has 1 aromatic carbocycles. The fourth-order valence-electron chi connectivity index (χ4n) is 2.84. The lowest BCUT2D eigenvalue weighted by Gasteiger charge is -2.03. The van der Waals surface area contributed by atoms with E-state index in [0.717, 1.165) is 0 Å². The highest BCUT2D eigenvalue weighted by molar-refractivity contribution is 9.10. The van der Waals surface area contributed by atoms with Gasteiger partial charge in [0, 0.05) is 4.47 Å². The van der Waals surface area contributed by atoms with Gasteiger partial charge >= 0.3 is 0 Å². The van der Waals surface area contributed by atoms with E-state index in [1.54, 1.807) is 11.8 Å². The number of benzene rings is 1. The van der Waals surface area contributed by atoms with E-state index < -0.39 is 0 Å². The van der Waals surface area contributed by atoms with Gasteiger partial charge in [0.15, 0.2) is 0 Å². The number of aryl methyl sites for hydroxylation is 1. The molecule has 0 amide bonds. The first kappa shape index (κ1) is 23.3. The molecular weight excluding hydrogens is 388 g/mol. The summed E-state index contributed by atoms with van der Waals surface area (Å²) in [5, 5.41) is 0. The van der Waals surface area contributed by atoms with E-state index in [-0.39, 0.29) is 12.4 Å². The van der Waals surface area contributed by atoms with Crippen molar-refractivity contribution >= 4 is 27.7 Å². The normalized spacial score (nSPS) is 10.5. The summed E-state index contributed by atoms with van der Waals surface area (Å²) in [4.78, 5) is 0. The summed E-state index contributed by atoms with van der Waals surface area (Å²) in [5.41, 5.74) is 1.48. The number of halogens is 2. The zero-order chi connectivity index (χ0) is 15.9. The number of thiol groups is 1. The van der Waals surface area contributed by atoms with Crippen LogP contribution in [0, 0.1) is 0 Å². The molecule has 0 fully saturated rings. The number of unbranched alkanes of at least 4 members (excludes halogenated alkanes) is 10. The number of hydrogen-bond acceptors (Lipinski definition) is 0. The minimum absolute atomic E-state index is 0. The van der Waals surface area contributed by atoms with Crippen LogP contribution in [0.4, 0.5) is 0 Å². The van der Waals surface area contributed by atoms with Crippen LogP contribution in [0.15, 0.2) is 28.7 Å². The monoisotopic (exact) mass is 420 g/mol. The molecule has 0 radical (unpaired) electrons. The molecule has 3 heteroatoms. The first-order chi connectivity index (χ1) is 10.8. The van der Waals surface area contributed by atoms with Gasteiger partial charge in [-0.05, 0) is 55.1 Å². The predicted molar refractivity (Wildman–Crippen MR) is 108 cm³/mol. The highest BCUT2D eigenvalue weighted by Crippen LogP contribution is 2.15. The minimum Gasteiger partial charge on any atom is -1.00 e. The molecule has 134 valence electrons. The topological polar surface area (TPSA) is 0 Å². The van der Waals surface area contributed by atoms with Gasteiger partial charge in [0.1, 0.15) is 5.75 Å². The standard InChI is InChI=1S/C20H33BrS.ClH/c1-22-18-12-10-8-6-4-2-3-5-7-9-11-13-19-14-16-20(21)17-15-19;/h14-17H,2-13,18H2,1H3;1H. The molecule has 0 atom stereocenters. The molecule has 1 aromatic rings. The van der Waals surface area contributed by atoms with Crippen LogP contribution in [-0.4, -0.2) is 12.0 Å². The number of hydrogen-bond donors (Lipinski definition) is 0. The maximum Gasteiger partial charge on any atom is 0.105 e. The Kier molecular flexibility index (Phi) is 17.4. The fourth-order valence-corrected chi connectivity index (χ4v) is 3.65. The van der Waals surface area contributed by atoms with E-state index in [1.165, 1.54) is 92.8 Å². The molecule has 0 saturated heterocycles. The molecule has 0 aromatic heterocycles. The van der Waals surface area contributed by atoms with Crippen molar-refractivity contribution in [1.29, 1.82) is 0 Å². The van der Waals surface area contributed by atoms with E-state index in [4.69, 9.17) is 0 Å². The Hall–Kier alpha value is 0.340. The van der Waals surface area contributed by atoms with Gasteiger partial charge in [0.2, 0.25) is 0 Å². The van der Waals surface area contributed by atoms with Gasteiger partial charge in [-0.2, -0.15) is 0 Å². The first-order valence-corrected chi connectivity index (χ1v) is 11.4. The molecule has 23 heavy (non-hydrogen) atoms. The van der Waals surface area contributed by atoms with Crippen molar-refractivity contribution in [3.8, 4) is 0 Å². The third-order valence-corrected chi connectivity index (χ3v) is 5.55. The average Bonchev–Trinajstić information content (AvgIpc) is 2.53. The lowest BCUT2D eigenvalue weighted by atomic mass is 10.0. The summed E-state index contributed by atoms with van der Waals surface area (Å²) >= 11 is 5.06. The molecule has 0 bridgehead atoms. The van der Waals surface area contributed by atoms with Crippen molar-refractivity contribution in [3.05, 3.63) is 34.3 Å². The van der Waals surface area contributed by atoms with Crippen LogP contribution in [0.2, 0.25) is 0 Å².